The number of amides is 2. The lowest BCUT2D eigenvalue weighted by atomic mass is 9.83. The van der Waals surface area contributed by atoms with Crippen molar-refractivity contribution >= 4 is 12.0 Å². The Labute approximate surface area is 114 Å². The maximum absolute atomic E-state index is 12.2. The second-order valence-electron chi connectivity index (χ2n) is 6.01. The standard InChI is InChI=1S/C14H24N2O3/c1-14(12(17)18)8-2-3-10-16(14)13(19)15-9-7-11-5-4-6-11/h11H,2-10H2,1H3,(H,15,19)(H,17,18). The third kappa shape index (κ3) is 3.01. The molecule has 108 valence electrons. The molecule has 1 aliphatic heterocycles. The lowest BCUT2D eigenvalue weighted by Crippen LogP contribution is -2.60. The van der Waals surface area contributed by atoms with Crippen LogP contribution in [0.15, 0.2) is 0 Å². The van der Waals surface area contributed by atoms with Crippen molar-refractivity contribution in [1.82, 2.24) is 10.2 Å². The molecule has 0 aromatic carbocycles. The van der Waals surface area contributed by atoms with Gasteiger partial charge >= 0.3 is 12.0 Å². The number of aliphatic carboxylic acids is 1. The fourth-order valence-electron chi connectivity index (χ4n) is 2.93. The molecule has 2 amide bonds. The summed E-state index contributed by atoms with van der Waals surface area (Å²) in [7, 11) is 0. The summed E-state index contributed by atoms with van der Waals surface area (Å²) in [5.74, 6) is -0.145. The highest BCUT2D eigenvalue weighted by Gasteiger charge is 2.43. The van der Waals surface area contributed by atoms with E-state index in [2.05, 4.69) is 5.32 Å². The van der Waals surface area contributed by atoms with E-state index in [0.717, 1.165) is 25.2 Å². The number of carbonyl (C=O) groups is 2. The first kappa shape index (κ1) is 14.2. The van der Waals surface area contributed by atoms with Crippen molar-refractivity contribution in [2.24, 2.45) is 5.92 Å². The van der Waals surface area contributed by atoms with E-state index in [4.69, 9.17) is 0 Å². The van der Waals surface area contributed by atoms with E-state index >= 15 is 0 Å². The molecule has 1 aliphatic carbocycles. The van der Waals surface area contributed by atoms with E-state index in [9.17, 15) is 14.7 Å². The SMILES string of the molecule is CC1(C(=O)O)CCCCN1C(=O)NCCC1CCC1. The van der Waals surface area contributed by atoms with E-state index in [1.54, 1.807) is 6.92 Å². The van der Waals surface area contributed by atoms with Crippen molar-refractivity contribution in [1.29, 1.82) is 0 Å². The van der Waals surface area contributed by atoms with Crippen molar-refractivity contribution in [3.8, 4) is 0 Å². The predicted molar refractivity (Wildman–Crippen MR) is 72.0 cm³/mol. The highest BCUT2D eigenvalue weighted by Crippen LogP contribution is 2.30. The third-order valence-corrected chi connectivity index (χ3v) is 4.65. The van der Waals surface area contributed by atoms with Crippen LogP contribution in [-0.2, 0) is 4.79 Å². The Bertz CT molecular complexity index is 355. The number of rotatable bonds is 4. The maximum Gasteiger partial charge on any atom is 0.329 e. The van der Waals surface area contributed by atoms with Gasteiger partial charge in [0.15, 0.2) is 0 Å². The van der Waals surface area contributed by atoms with Crippen molar-refractivity contribution in [3.05, 3.63) is 0 Å². The molecular formula is C14H24N2O3. The summed E-state index contributed by atoms with van der Waals surface area (Å²) < 4.78 is 0. The first-order chi connectivity index (χ1) is 9.04. The van der Waals surface area contributed by atoms with Gasteiger partial charge in [-0.1, -0.05) is 19.3 Å². The summed E-state index contributed by atoms with van der Waals surface area (Å²) in [6, 6.07) is -0.219. The van der Waals surface area contributed by atoms with Crippen LogP contribution in [0.25, 0.3) is 0 Å². The molecule has 19 heavy (non-hydrogen) atoms. The average Bonchev–Trinajstić information content (AvgIpc) is 2.32. The molecule has 0 radical (unpaired) electrons. The highest BCUT2D eigenvalue weighted by atomic mass is 16.4. The van der Waals surface area contributed by atoms with Crippen molar-refractivity contribution < 1.29 is 14.7 Å². The normalized spacial score (nSPS) is 27.7. The van der Waals surface area contributed by atoms with Crippen LogP contribution in [0.5, 0.6) is 0 Å². The van der Waals surface area contributed by atoms with Gasteiger partial charge in [0, 0.05) is 13.1 Å². The lowest BCUT2D eigenvalue weighted by Gasteiger charge is -2.41. The fourth-order valence-corrected chi connectivity index (χ4v) is 2.93. The number of likely N-dealkylation sites (tertiary alicyclic amines) is 1. The van der Waals surface area contributed by atoms with E-state index in [1.165, 1.54) is 24.2 Å². The van der Waals surface area contributed by atoms with E-state index in [1.807, 2.05) is 0 Å². The number of nitrogens with zero attached hydrogens (tertiary/aromatic N) is 1. The van der Waals surface area contributed by atoms with Crippen LogP contribution in [0.1, 0.15) is 51.9 Å². The minimum absolute atomic E-state index is 0.219. The van der Waals surface area contributed by atoms with Gasteiger partial charge in [0.25, 0.3) is 0 Å². The lowest BCUT2D eigenvalue weighted by molar-refractivity contribution is -0.150. The number of nitrogens with one attached hydrogen (secondary N) is 1. The van der Waals surface area contributed by atoms with E-state index in [0.29, 0.717) is 19.5 Å². The van der Waals surface area contributed by atoms with Gasteiger partial charge in [-0.15, -0.1) is 0 Å². The van der Waals surface area contributed by atoms with E-state index < -0.39 is 11.5 Å². The molecule has 1 atom stereocenters. The second kappa shape index (κ2) is 5.80. The van der Waals surface area contributed by atoms with Crippen LogP contribution in [0.3, 0.4) is 0 Å². The zero-order valence-corrected chi connectivity index (χ0v) is 11.7. The Morgan fingerprint density at radius 2 is 2.05 bits per heavy atom. The summed E-state index contributed by atoms with van der Waals surface area (Å²) in [6.45, 7) is 2.85. The van der Waals surface area contributed by atoms with Gasteiger partial charge in [0.2, 0.25) is 0 Å². The molecule has 1 unspecified atom stereocenters. The van der Waals surface area contributed by atoms with Gasteiger partial charge < -0.3 is 15.3 Å². The highest BCUT2D eigenvalue weighted by molar-refractivity contribution is 5.86. The number of hydrogen-bond acceptors (Lipinski definition) is 2. The van der Waals surface area contributed by atoms with E-state index in [-0.39, 0.29) is 6.03 Å². The molecule has 1 saturated carbocycles. The largest absolute Gasteiger partial charge is 0.480 e. The molecule has 2 fully saturated rings. The Balaban J connectivity index is 1.86. The summed E-state index contributed by atoms with van der Waals surface area (Å²) in [5.41, 5.74) is -1.04. The number of carboxylic acids is 1. The van der Waals surface area contributed by atoms with Crippen LogP contribution in [0.4, 0.5) is 4.79 Å². The van der Waals surface area contributed by atoms with Gasteiger partial charge in [-0.2, -0.15) is 0 Å². The van der Waals surface area contributed by atoms with Gasteiger partial charge in [-0.3, -0.25) is 0 Å². The van der Waals surface area contributed by atoms with Gasteiger partial charge in [-0.05, 0) is 38.5 Å². The summed E-state index contributed by atoms with van der Waals surface area (Å²) in [4.78, 5) is 25.1. The molecule has 5 nitrogen and oxygen atoms in total. The van der Waals surface area contributed by atoms with Gasteiger partial charge in [-0.25, -0.2) is 9.59 Å². The minimum Gasteiger partial charge on any atom is -0.480 e. The molecular weight excluding hydrogens is 244 g/mol. The van der Waals surface area contributed by atoms with Crippen molar-refractivity contribution in [2.75, 3.05) is 13.1 Å². The Morgan fingerprint density at radius 3 is 2.63 bits per heavy atom. The molecule has 2 rings (SSSR count). The zero-order valence-electron chi connectivity index (χ0n) is 11.7. The molecule has 1 saturated heterocycles. The molecule has 1 heterocycles. The second-order valence-corrected chi connectivity index (χ2v) is 6.01. The number of carbonyl (C=O) groups excluding carboxylic acids is 1. The van der Waals surface area contributed by atoms with Crippen LogP contribution in [0, 0.1) is 5.92 Å². The van der Waals surface area contributed by atoms with Crippen LogP contribution >= 0.6 is 0 Å². The van der Waals surface area contributed by atoms with Crippen molar-refractivity contribution in [3.63, 3.8) is 0 Å². The molecule has 5 heteroatoms. The van der Waals surface area contributed by atoms with Crippen LogP contribution in [-0.4, -0.2) is 40.6 Å². The smallest absolute Gasteiger partial charge is 0.329 e. The topological polar surface area (TPSA) is 69.6 Å². The van der Waals surface area contributed by atoms with Crippen molar-refractivity contribution in [2.45, 2.75) is 57.4 Å². The van der Waals surface area contributed by atoms with Gasteiger partial charge in [0.1, 0.15) is 5.54 Å². The Morgan fingerprint density at radius 1 is 1.32 bits per heavy atom. The van der Waals surface area contributed by atoms with Gasteiger partial charge in [0.05, 0.1) is 0 Å². The number of carboxylic acid groups (broad SMARTS) is 1. The number of hydrogen-bond donors (Lipinski definition) is 2. The number of piperidine rings is 1. The predicted octanol–water partition coefficient (Wildman–Crippen LogP) is 2.22. The molecule has 0 aromatic heterocycles. The quantitative estimate of drug-likeness (QED) is 0.821. The zero-order chi connectivity index (χ0) is 13.9. The summed E-state index contributed by atoms with van der Waals surface area (Å²) >= 11 is 0. The van der Waals surface area contributed by atoms with Crippen LogP contribution < -0.4 is 5.32 Å². The molecule has 2 N–H and O–H groups in total. The first-order valence-corrected chi connectivity index (χ1v) is 7.33. The molecule has 2 aliphatic rings. The van der Waals surface area contributed by atoms with Crippen LogP contribution in [0.2, 0.25) is 0 Å². The Hall–Kier alpha value is -1.26. The fraction of sp³-hybridized carbons (Fsp3) is 0.857. The number of urea groups is 1. The minimum atomic E-state index is -1.04. The summed E-state index contributed by atoms with van der Waals surface area (Å²) in [5, 5.41) is 12.2. The average molecular weight is 268 g/mol. The maximum atomic E-state index is 12.2. The summed E-state index contributed by atoms with van der Waals surface area (Å²) in [6.07, 6.45) is 7.16. The molecule has 0 aromatic rings. The molecule has 0 spiro atoms. The molecule has 0 bridgehead atoms. The monoisotopic (exact) mass is 268 g/mol. The first-order valence-electron chi connectivity index (χ1n) is 7.33. The Kier molecular flexibility index (Phi) is 4.32. The third-order valence-electron chi connectivity index (χ3n) is 4.65.